The molecule has 0 radical (unpaired) electrons. The average Bonchev–Trinajstić information content (AvgIpc) is 3.04. The minimum atomic E-state index is -4.58. The largest absolute Gasteiger partial charge is 0.417 e. The molecule has 0 fully saturated rings. The molecule has 3 aromatic rings. The minimum absolute atomic E-state index is 0.0616. The van der Waals surface area contributed by atoms with Gasteiger partial charge in [-0.1, -0.05) is 29.4 Å². The highest BCUT2D eigenvalue weighted by atomic mass is 35.5. The number of carbonyl (C=O) groups is 1. The Labute approximate surface area is 166 Å². The molecule has 1 amide bonds. The quantitative estimate of drug-likeness (QED) is 0.627. The monoisotopic (exact) mass is 425 g/mol. The van der Waals surface area contributed by atoms with Crippen molar-refractivity contribution in [1.82, 2.24) is 14.6 Å². The molecule has 1 atom stereocenters. The summed E-state index contributed by atoms with van der Waals surface area (Å²) in [6, 6.07) is 9.10. The maximum Gasteiger partial charge on any atom is 0.417 e. The van der Waals surface area contributed by atoms with Crippen LogP contribution in [-0.2, 0) is 11.0 Å². The lowest BCUT2D eigenvalue weighted by molar-refractivity contribution is -0.137. The predicted octanol–water partition coefficient (Wildman–Crippen LogP) is 4.39. The van der Waals surface area contributed by atoms with Crippen molar-refractivity contribution < 1.29 is 18.0 Å². The Morgan fingerprint density at radius 2 is 2.11 bits per heavy atom. The van der Waals surface area contributed by atoms with Crippen molar-refractivity contribution in [2.45, 2.75) is 23.5 Å². The topological polar surface area (TPSA) is 83.1 Å². The third-order valence-electron chi connectivity index (χ3n) is 3.67. The molecule has 11 heteroatoms. The highest BCUT2D eigenvalue weighted by Gasteiger charge is 2.32. The predicted molar refractivity (Wildman–Crippen MR) is 98.1 cm³/mol. The minimum Gasteiger partial charge on any atom is -0.325 e. The van der Waals surface area contributed by atoms with Crippen molar-refractivity contribution in [2.24, 2.45) is 0 Å². The Balaban J connectivity index is 1.82. The summed E-state index contributed by atoms with van der Waals surface area (Å²) in [6.07, 6.45) is -3.75. The van der Waals surface area contributed by atoms with Gasteiger partial charge < -0.3 is 5.32 Å². The van der Waals surface area contributed by atoms with Crippen molar-refractivity contribution >= 4 is 40.6 Å². The van der Waals surface area contributed by atoms with Gasteiger partial charge in [0.05, 0.1) is 27.5 Å². The van der Waals surface area contributed by atoms with Crippen LogP contribution in [0.4, 0.5) is 18.9 Å². The zero-order valence-electron chi connectivity index (χ0n) is 14.2. The first-order valence-electron chi connectivity index (χ1n) is 7.78. The summed E-state index contributed by atoms with van der Waals surface area (Å²) in [5, 5.41) is 18.4. The fourth-order valence-electron chi connectivity index (χ4n) is 2.29. The number of alkyl halides is 3. The van der Waals surface area contributed by atoms with Gasteiger partial charge in [0.15, 0.2) is 10.8 Å². The van der Waals surface area contributed by atoms with Crippen molar-refractivity contribution in [3.8, 4) is 6.07 Å². The van der Waals surface area contributed by atoms with Crippen LogP contribution in [0.3, 0.4) is 0 Å². The Bertz CT molecular complexity index is 1090. The van der Waals surface area contributed by atoms with Crippen LogP contribution in [0.1, 0.15) is 18.1 Å². The smallest absolute Gasteiger partial charge is 0.325 e. The molecule has 0 saturated heterocycles. The maximum absolute atomic E-state index is 13.0. The Hall–Kier alpha value is -2.77. The molecule has 144 valence electrons. The lowest BCUT2D eigenvalue weighted by atomic mass is 10.2. The highest BCUT2D eigenvalue weighted by Crippen LogP contribution is 2.34. The molecule has 6 nitrogen and oxygen atoms in total. The van der Waals surface area contributed by atoms with E-state index in [2.05, 4.69) is 15.5 Å². The molecule has 1 aromatic carbocycles. The number of anilines is 1. The van der Waals surface area contributed by atoms with Crippen molar-refractivity contribution in [3.05, 3.63) is 52.7 Å². The van der Waals surface area contributed by atoms with Gasteiger partial charge in [0.1, 0.15) is 0 Å². The number of nitrogens with one attached hydrogen (secondary N) is 1. The summed E-state index contributed by atoms with van der Waals surface area (Å²) in [4.78, 5) is 12.4. The van der Waals surface area contributed by atoms with Crippen LogP contribution in [0.25, 0.3) is 5.65 Å². The fourth-order valence-corrected chi connectivity index (χ4v) is 3.36. The molecule has 1 N–H and O–H groups in total. The number of thioether (sulfide) groups is 1. The van der Waals surface area contributed by atoms with E-state index in [1.54, 1.807) is 25.1 Å². The third-order valence-corrected chi connectivity index (χ3v) is 5.00. The van der Waals surface area contributed by atoms with Crippen molar-refractivity contribution in [2.75, 3.05) is 5.32 Å². The summed E-state index contributed by atoms with van der Waals surface area (Å²) in [5.41, 5.74) is -0.0653. The SMILES string of the molecule is CC(Sc1nnc2c(Cl)cc(C(F)(F)F)cn12)C(=O)Nc1cccc(C#N)c1. The second-order valence-electron chi connectivity index (χ2n) is 5.69. The molecule has 28 heavy (non-hydrogen) atoms. The Morgan fingerprint density at radius 3 is 2.79 bits per heavy atom. The Kier molecular flexibility index (Phi) is 5.49. The van der Waals surface area contributed by atoms with E-state index in [4.69, 9.17) is 16.9 Å². The molecule has 0 spiro atoms. The number of nitriles is 1. The van der Waals surface area contributed by atoms with Gasteiger partial charge in [0.25, 0.3) is 0 Å². The summed E-state index contributed by atoms with van der Waals surface area (Å²) in [6.45, 7) is 1.57. The number of pyridine rings is 1. The number of carbonyl (C=O) groups excluding carboxylic acids is 1. The van der Waals surface area contributed by atoms with E-state index in [1.165, 1.54) is 6.07 Å². The molecular weight excluding hydrogens is 415 g/mol. The number of rotatable bonds is 4. The van der Waals surface area contributed by atoms with Crippen LogP contribution >= 0.6 is 23.4 Å². The van der Waals surface area contributed by atoms with Gasteiger partial charge >= 0.3 is 6.18 Å². The van der Waals surface area contributed by atoms with Crippen LogP contribution in [0.15, 0.2) is 41.7 Å². The van der Waals surface area contributed by atoms with Gasteiger partial charge in [-0.25, -0.2) is 0 Å². The second-order valence-corrected chi connectivity index (χ2v) is 7.41. The zero-order chi connectivity index (χ0) is 20.5. The summed E-state index contributed by atoms with van der Waals surface area (Å²) < 4.78 is 40.2. The lowest BCUT2D eigenvalue weighted by Crippen LogP contribution is -2.22. The molecule has 1 unspecified atom stereocenters. The molecule has 0 aliphatic heterocycles. The first-order valence-corrected chi connectivity index (χ1v) is 9.04. The van der Waals surface area contributed by atoms with Crippen LogP contribution in [0, 0.1) is 11.3 Å². The Morgan fingerprint density at radius 1 is 1.36 bits per heavy atom. The summed E-state index contributed by atoms with van der Waals surface area (Å²) in [5.74, 6) is -0.407. The van der Waals surface area contributed by atoms with E-state index in [-0.39, 0.29) is 15.8 Å². The molecule has 0 aliphatic carbocycles. The molecule has 2 aromatic heterocycles. The molecule has 2 heterocycles. The summed E-state index contributed by atoms with van der Waals surface area (Å²) >= 11 is 6.81. The van der Waals surface area contributed by atoms with E-state index >= 15 is 0 Å². The molecule has 0 bridgehead atoms. The van der Waals surface area contributed by atoms with E-state index in [0.717, 1.165) is 28.4 Å². The molecule has 0 saturated carbocycles. The normalized spacial score (nSPS) is 12.6. The van der Waals surface area contributed by atoms with Crippen LogP contribution in [-0.4, -0.2) is 25.8 Å². The van der Waals surface area contributed by atoms with Crippen molar-refractivity contribution in [1.29, 1.82) is 5.26 Å². The second kappa shape index (κ2) is 7.69. The standard InChI is InChI=1S/C17H11ClF3N5OS/c1-9(15(27)23-12-4-2-3-10(5-12)7-22)28-16-25-24-14-13(18)6-11(8-26(14)16)17(19,20)21/h2-6,8-9H,1H3,(H,23,27). The zero-order valence-corrected chi connectivity index (χ0v) is 15.7. The number of hydrogen-bond donors (Lipinski definition) is 1. The fraction of sp³-hybridized carbons (Fsp3) is 0.176. The van der Waals surface area contributed by atoms with Crippen LogP contribution in [0.2, 0.25) is 5.02 Å². The molecular formula is C17H11ClF3N5OS. The van der Waals surface area contributed by atoms with Gasteiger partial charge in [-0.3, -0.25) is 9.20 Å². The molecule has 3 rings (SSSR count). The van der Waals surface area contributed by atoms with Gasteiger partial charge in [-0.05, 0) is 31.2 Å². The number of amides is 1. The van der Waals surface area contributed by atoms with Gasteiger partial charge in [0, 0.05) is 11.9 Å². The average molecular weight is 426 g/mol. The van der Waals surface area contributed by atoms with Gasteiger partial charge in [-0.2, -0.15) is 18.4 Å². The number of aromatic nitrogens is 3. The third kappa shape index (κ3) is 4.21. The van der Waals surface area contributed by atoms with E-state index < -0.39 is 22.9 Å². The molecule has 0 aliphatic rings. The van der Waals surface area contributed by atoms with Crippen LogP contribution in [0.5, 0.6) is 0 Å². The number of benzene rings is 1. The number of hydrogen-bond acceptors (Lipinski definition) is 5. The van der Waals surface area contributed by atoms with E-state index in [0.29, 0.717) is 11.3 Å². The number of halogens is 4. The van der Waals surface area contributed by atoms with Crippen molar-refractivity contribution in [3.63, 3.8) is 0 Å². The first kappa shape index (κ1) is 20.0. The number of nitrogens with zero attached hydrogens (tertiary/aromatic N) is 4. The highest BCUT2D eigenvalue weighted by molar-refractivity contribution is 8.00. The first-order chi connectivity index (χ1) is 13.2. The van der Waals surface area contributed by atoms with E-state index in [1.807, 2.05) is 6.07 Å². The summed E-state index contributed by atoms with van der Waals surface area (Å²) in [7, 11) is 0. The maximum atomic E-state index is 13.0. The van der Waals surface area contributed by atoms with Gasteiger partial charge in [-0.15, -0.1) is 10.2 Å². The lowest BCUT2D eigenvalue weighted by Gasteiger charge is -2.12. The van der Waals surface area contributed by atoms with Gasteiger partial charge in [0.2, 0.25) is 5.91 Å². The van der Waals surface area contributed by atoms with E-state index in [9.17, 15) is 18.0 Å². The van der Waals surface area contributed by atoms with Crippen LogP contribution < -0.4 is 5.32 Å². The number of fused-ring (bicyclic) bond motifs is 1.